The first-order valence-corrected chi connectivity index (χ1v) is 8.22. The normalized spacial score (nSPS) is 26.5. The molecule has 1 saturated carbocycles. The van der Waals surface area contributed by atoms with E-state index in [0.29, 0.717) is 18.0 Å². The van der Waals surface area contributed by atoms with Crippen molar-refractivity contribution in [2.24, 2.45) is 11.3 Å². The molecule has 3 rings (SSSR count). The second kappa shape index (κ2) is 5.80. The van der Waals surface area contributed by atoms with Gasteiger partial charge in [0.25, 0.3) is 0 Å². The van der Waals surface area contributed by atoms with Gasteiger partial charge in [-0.1, -0.05) is 31.5 Å². The molecule has 1 aromatic carbocycles. The summed E-state index contributed by atoms with van der Waals surface area (Å²) in [5.74, 6) is 0.170. The number of aromatic hydroxyl groups is 1. The summed E-state index contributed by atoms with van der Waals surface area (Å²) in [5, 5.41) is 25.7. The number of nitrogens with zero attached hydrogens (tertiary/aromatic N) is 3. The highest BCUT2D eigenvalue weighted by Gasteiger charge is 2.54. The van der Waals surface area contributed by atoms with Gasteiger partial charge in [0.1, 0.15) is 18.4 Å². The van der Waals surface area contributed by atoms with Crippen LogP contribution in [-0.4, -0.2) is 30.6 Å². The number of phenolic OH excluding ortho intramolecular Hbond substituents is 1. The molecule has 6 heteroatoms. The highest BCUT2D eigenvalue weighted by molar-refractivity contribution is 6.31. The van der Waals surface area contributed by atoms with Crippen molar-refractivity contribution in [1.82, 2.24) is 14.8 Å². The van der Waals surface area contributed by atoms with Gasteiger partial charge in [0.2, 0.25) is 0 Å². The zero-order chi connectivity index (χ0) is 16.7. The minimum absolute atomic E-state index is 0.0845. The quantitative estimate of drug-likeness (QED) is 0.900. The molecular formula is C17H22ClN3O2. The van der Waals surface area contributed by atoms with Crippen molar-refractivity contribution < 1.29 is 10.2 Å². The van der Waals surface area contributed by atoms with Crippen LogP contribution in [0, 0.1) is 11.3 Å². The smallest absolute Gasteiger partial charge is 0.137 e. The minimum atomic E-state index is -0.879. The van der Waals surface area contributed by atoms with Crippen LogP contribution in [0.2, 0.25) is 5.02 Å². The summed E-state index contributed by atoms with van der Waals surface area (Å²) in [6.07, 6.45) is 5.69. The summed E-state index contributed by atoms with van der Waals surface area (Å²) in [5.41, 5.74) is -0.111. The summed E-state index contributed by atoms with van der Waals surface area (Å²) in [7, 11) is 0. The van der Waals surface area contributed by atoms with E-state index >= 15 is 0 Å². The molecule has 2 aromatic rings. The van der Waals surface area contributed by atoms with E-state index in [1.54, 1.807) is 23.1 Å². The van der Waals surface area contributed by atoms with E-state index in [-0.39, 0.29) is 17.1 Å². The molecule has 23 heavy (non-hydrogen) atoms. The molecular weight excluding hydrogens is 314 g/mol. The van der Waals surface area contributed by atoms with Gasteiger partial charge in [0.15, 0.2) is 0 Å². The monoisotopic (exact) mass is 335 g/mol. The predicted octanol–water partition coefficient (Wildman–Crippen LogP) is 3.05. The van der Waals surface area contributed by atoms with E-state index in [1.807, 2.05) is 6.07 Å². The lowest BCUT2D eigenvalue weighted by atomic mass is 9.72. The summed E-state index contributed by atoms with van der Waals surface area (Å²) in [6.45, 7) is 4.62. The second-order valence-corrected chi connectivity index (χ2v) is 7.53. The lowest BCUT2D eigenvalue weighted by Gasteiger charge is -2.40. The van der Waals surface area contributed by atoms with Crippen molar-refractivity contribution >= 4 is 11.6 Å². The third-order valence-corrected chi connectivity index (χ3v) is 5.65. The number of aliphatic hydroxyl groups is 1. The van der Waals surface area contributed by atoms with Gasteiger partial charge in [-0.15, -0.1) is 0 Å². The van der Waals surface area contributed by atoms with Gasteiger partial charge in [-0.25, -0.2) is 4.98 Å². The van der Waals surface area contributed by atoms with Gasteiger partial charge < -0.3 is 10.2 Å². The summed E-state index contributed by atoms with van der Waals surface area (Å²) in [4.78, 5) is 3.97. The van der Waals surface area contributed by atoms with Gasteiger partial charge in [0.05, 0.1) is 17.2 Å². The number of phenols is 1. The van der Waals surface area contributed by atoms with Crippen LogP contribution in [-0.2, 0) is 13.0 Å². The van der Waals surface area contributed by atoms with Gasteiger partial charge in [-0.3, -0.25) is 4.68 Å². The Morgan fingerprint density at radius 3 is 2.83 bits per heavy atom. The average molecular weight is 336 g/mol. The molecule has 0 spiro atoms. The van der Waals surface area contributed by atoms with Gasteiger partial charge >= 0.3 is 0 Å². The van der Waals surface area contributed by atoms with E-state index in [4.69, 9.17) is 11.6 Å². The maximum Gasteiger partial charge on any atom is 0.137 e. The summed E-state index contributed by atoms with van der Waals surface area (Å²) in [6, 6.07) is 5.29. The van der Waals surface area contributed by atoms with Gasteiger partial charge in [-0.05, 0) is 48.3 Å². The largest absolute Gasteiger partial charge is 0.506 e. The Balaban J connectivity index is 1.86. The number of rotatable bonds is 4. The molecule has 0 aliphatic heterocycles. The molecule has 1 aromatic heterocycles. The van der Waals surface area contributed by atoms with Gasteiger partial charge in [-0.2, -0.15) is 5.10 Å². The first-order chi connectivity index (χ1) is 10.8. The van der Waals surface area contributed by atoms with Crippen LogP contribution in [0.4, 0.5) is 0 Å². The predicted molar refractivity (Wildman–Crippen MR) is 88.3 cm³/mol. The average Bonchev–Trinajstić information content (AvgIpc) is 3.06. The molecule has 5 nitrogen and oxygen atoms in total. The molecule has 124 valence electrons. The van der Waals surface area contributed by atoms with Crippen LogP contribution < -0.4 is 0 Å². The molecule has 1 aliphatic carbocycles. The molecule has 1 heterocycles. The highest BCUT2D eigenvalue weighted by Crippen LogP contribution is 2.51. The van der Waals surface area contributed by atoms with Crippen LogP contribution in [0.15, 0.2) is 30.9 Å². The zero-order valence-electron chi connectivity index (χ0n) is 13.4. The Kier molecular flexibility index (Phi) is 4.10. The summed E-state index contributed by atoms with van der Waals surface area (Å²) >= 11 is 5.88. The molecule has 2 unspecified atom stereocenters. The molecule has 2 atom stereocenters. The number of benzene rings is 1. The van der Waals surface area contributed by atoms with Crippen molar-refractivity contribution in [2.75, 3.05) is 0 Å². The number of aromatic nitrogens is 3. The lowest BCUT2D eigenvalue weighted by molar-refractivity contribution is -0.0907. The fourth-order valence-electron chi connectivity index (χ4n) is 3.69. The summed E-state index contributed by atoms with van der Waals surface area (Å²) < 4.78 is 1.69. The SMILES string of the molecule is CC1(C)CCC(Cc2ccc(Cl)c(O)c2)C1(O)Cn1cncn1. The van der Waals surface area contributed by atoms with Crippen molar-refractivity contribution in [2.45, 2.75) is 45.3 Å². The molecule has 1 aliphatic rings. The Morgan fingerprint density at radius 1 is 1.39 bits per heavy atom. The maximum absolute atomic E-state index is 11.5. The number of halogens is 1. The van der Waals surface area contributed by atoms with E-state index in [2.05, 4.69) is 23.9 Å². The lowest BCUT2D eigenvalue weighted by Crippen LogP contribution is -2.49. The number of hydrogen-bond acceptors (Lipinski definition) is 4. The molecule has 0 radical (unpaired) electrons. The second-order valence-electron chi connectivity index (χ2n) is 7.13. The van der Waals surface area contributed by atoms with E-state index < -0.39 is 5.60 Å². The molecule has 1 fully saturated rings. The fraction of sp³-hybridized carbons (Fsp3) is 0.529. The third-order valence-electron chi connectivity index (χ3n) is 5.33. The van der Waals surface area contributed by atoms with Crippen LogP contribution in [0.25, 0.3) is 0 Å². The minimum Gasteiger partial charge on any atom is -0.506 e. The van der Waals surface area contributed by atoms with Crippen molar-refractivity contribution in [3.8, 4) is 5.75 Å². The van der Waals surface area contributed by atoms with Crippen LogP contribution in [0.1, 0.15) is 32.3 Å². The maximum atomic E-state index is 11.5. The Labute approximate surface area is 140 Å². The Hall–Kier alpha value is -1.59. The standard InChI is InChI=1S/C17H22ClN3O2/c1-16(2)6-5-13(7-12-3-4-14(18)15(22)8-12)17(16,23)9-21-11-19-10-20-21/h3-4,8,10-11,13,22-23H,5-7,9H2,1-2H3. The Morgan fingerprint density at radius 2 is 2.17 bits per heavy atom. The first kappa shape index (κ1) is 16.3. The van der Waals surface area contributed by atoms with E-state index in [9.17, 15) is 10.2 Å². The van der Waals surface area contributed by atoms with Gasteiger partial charge in [0, 0.05) is 0 Å². The van der Waals surface area contributed by atoms with Crippen molar-refractivity contribution in [3.63, 3.8) is 0 Å². The van der Waals surface area contributed by atoms with Crippen molar-refractivity contribution in [1.29, 1.82) is 0 Å². The molecule has 2 N–H and O–H groups in total. The molecule has 0 saturated heterocycles. The molecule has 0 amide bonds. The Bertz CT molecular complexity index is 687. The van der Waals surface area contributed by atoms with Crippen LogP contribution >= 0.6 is 11.6 Å². The fourth-order valence-corrected chi connectivity index (χ4v) is 3.81. The first-order valence-electron chi connectivity index (χ1n) is 7.84. The van der Waals surface area contributed by atoms with Crippen LogP contribution in [0.3, 0.4) is 0 Å². The van der Waals surface area contributed by atoms with Crippen molar-refractivity contribution in [3.05, 3.63) is 41.4 Å². The molecule has 0 bridgehead atoms. The van der Waals surface area contributed by atoms with E-state index in [1.165, 1.54) is 6.33 Å². The topological polar surface area (TPSA) is 71.2 Å². The van der Waals surface area contributed by atoms with Crippen LogP contribution in [0.5, 0.6) is 5.75 Å². The van der Waals surface area contributed by atoms with E-state index in [0.717, 1.165) is 18.4 Å². The number of hydrogen-bond donors (Lipinski definition) is 2. The zero-order valence-corrected chi connectivity index (χ0v) is 14.2. The third kappa shape index (κ3) is 2.95. The highest BCUT2D eigenvalue weighted by atomic mass is 35.5.